The Bertz CT molecular complexity index is 659. The summed E-state index contributed by atoms with van der Waals surface area (Å²) in [6.07, 6.45) is 0. The van der Waals surface area contributed by atoms with Crippen molar-refractivity contribution in [2.75, 3.05) is 0 Å². The number of carbonyl (C=O) groups excluding carboxylic acids is 1. The zero-order chi connectivity index (χ0) is 13.8. The number of hydrogen-bond acceptors (Lipinski definition) is 2. The molecule has 19 heavy (non-hydrogen) atoms. The fourth-order valence-corrected chi connectivity index (χ4v) is 2.22. The molecular formula is C15H9BrFNO. The Hall–Kier alpha value is -1.99. The van der Waals surface area contributed by atoms with Crippen molar-refractivity contribution < 1.29 is 9.18 Å². The number of carbonyl (C=O) groups is 1. The lowest BCUT2D eigenvalue weighted by molar-refractivity contribution is 0.103. The molecule has 0 aliphatic rings. The quantitative estimate of drug-likeness (QED) is 0.637. The van der Waals surface area contributed by atoms with E-state index in [1.807, 2.05) is 6.07 Å². The minimum absolute atomic E-state index is 0.251. The van der Waals surface area contributed by atoms with Crippen molar-refractivity contribution >= 4 is 21.7 Å². The van der Waals surface area contributed by atoms with Crippen LogP contribution in [-0.4, -0.2) is 5.78 Å². The van der Waals surface area contributed by atoms with Crippen molar-refractivity contribution in [3.63, 3.8) is 0 Å². The number of benzene rings is 2. The number of hydrogen-bond donors (Lipinski definition) is 0. The molecule has 0 unspecified atom stereocenters. The first-order valence-corrected chi connectivity index (χ1v) is 6.67. The topological polar surface area (TPSA) is 40.9 Å². The Balaban J connectivity index is 2.43. The van der Waals surface area contributed by atoms with E-state index in [9.17, 15) is 9.18 Å². The van der Waals surface area contributed by atoms with Gasteiger partial charge in [-0.2, -0.15) is 5.26 Å². The molecule has 0 aromatic heterocycles. The molecule has 0 saturated heterocycles. The van der Waals surface area contributed by atoms with Gasteiger partial charge in [0.25, 0.3) is 0 Å². The third-order valence-electron chi connectivity index (χ3n) is 2.74. The van der Waals surface area contributed by atoms with Crippen LogP contribution in [0.25, 0.3) is 0 Å². The summed E-state index contributed by atoms with van der Waals surface area (Å²) in [5, 5.41) is 9.19. The largest absolute Gasteiger partial charge is 0.289 e. The van der Waals surface area contributed by atoms with Crippen molar-refractivity contribution in [3.05, 3.63) is 70.5 Å². The number of ketones is 1. The Labute approximate surface area is 118 Å². The van der Waals surface area contributed by atoms with Gasteiger partial charge >= 0.3 is 0 Å². The molecule has 0 spiro atoms. The number of nitrogens with zero attached hydrogens (tertiary/aromatic N) is 1. The maximum atomic E-state index is 13.3. The Morgan fingerprint density at radius 1 is 1.21 bits per heavy atom. The highest BCUT2D eigenvalue weighted by atomic mass is 79.9. The van der Waals surface area contributed by atoms with Crippen LogP contribution >= 0.6 is 15.9 Å². The first kappa shape index (κ1) is 13.4. The van der Waals surface area contributed by atoms with Gasteiger partial charge in [-0.05, 0) is 42.0 Å². The molecule has 0 atom stereocenters. The van der Waals surface area contributed by atoms with Crippen LogP contribution in [0.2, 0.25) is 0 Å². The molecule has 94 valence electrons. The van der Waals surface area contributed by atoms with Crippen LogP contribution in [0, 0.1) is 17.1 Å². The molecule has 0 aliphatic carbocycles. The van der Waals surface area contributed by atoms with Crippen LogP contribution in [0.1, 0.15) is 27.0 Å². The van der Waals surface area contributed by atoms with Crippen molar-refractivity contribution in [1.82, 2.24) is 0 Å². The third-order valence-corrected chi connectivity index (χ3v) is 3.34. The molecule has 0 fully saturated rings. The fourth-order valence-electron chi connectivity index (χ4n) is 1.73. The van der Waals surface area contributed by atoms with Gasteiger partial charge in [0.15, 0.2) is 5.78 Å². The molecule has 0 radical (unpaired) electrons. The first-order chi connectivity index (χ1) is 9.15. The lowest BCUT2D eigenvalue weighted by Crippen LogP contribution is -2.05. The molecule has 0 N–H and O–H groups in total. The number of halogens is 2. The summed E-state index contributed by atoms with van der Waals surface area (Å²) in [5.74, 6) is -0.694. The monoisotopic (exact) mass is 317 g/mol. The van der Waals surface area contributed by atoms with Gasteiger partial charge in [-0.1, -0.05) is 22.0 Å². The van der Waals surface area contributed by atoms with E-state index in [-0.39, 0.29) is 5.78 Å². The van der Waals surface area contributed by atoms with Crippen molar-refractivity contribution in [3.8, 4) is 6.07 Å². The van der Waals surface area contributed by atoms with Crippen molar-refractivity contribution in [1.29, 1.82) is 5.26 Å². The predicted octanol–water partition coefficient (Wildman–Crippen LogP) is 3.82. The zero-order valence-electron chi connectivity index (χ0n) is 9.86. The van der Waals surface area contributed by atoms with E-state index in [0.29, 0.717) is 22.0 Å². The van der Waals surface area contributed by atoms with Gasteiger partial charge in [-0.3, -0.25) is 4.79 Å². The Morgan fingerprint density at radius 3 is 2.47 bits per heavy atom. The minimum atomic E-state index is -0.443. The summed E-state index contributed by atoms with van der Waals surface area (Å²) in [4.78, 5) is 12.3. The first-order valence-electron chi connectivity index (χ1n) is 5.55. The minimum Gasteiger partial charge on any atom is -0.289 e. The van der Waals surface area contributed by atoms with Gasteiger partial charge in [0.1, 0.15) is 5.82 Å². The van der Waals surface area contributed by atoms with E-state index in [1.165, 1.54) is 12.1 Å². The van der Waals surface area contributed by atoms with Crippen molar-refractivity contribution in [2.24, 2.45) is 0 Å². The summed E-state index contributed by atoms with van der Waals surface area (Å²) >= 11 is 3.28. The van der Waals surface area contributed by atoms with E-state index >= 15 is 0 Å². The fraction of sp³-hybridized carbons (Fsp3) is 0.0667. The Morgan fingerprint density at radius 2 is 1.89 bits per heavy atom. The molecule has 0 heterocycles. The maximum Gasteiger partial charge on any atom is 0.193 e. The summed E-state index contributed by atoms with van der Waals surface area (Å²) in [5.41, 5.74) is 1.99. The molecule has 0 amide bonds. The molecule has 0 bridgehead atoms. The SMILES string of the molecule is N#Cc1ccc(C(=O)c2cc(F)ccc2CBr)cc1. The van der Waals surface area contributed by atoms with Gasteiger partial charge < -0.3 is 0 Å². The van der Waals surface area contributed by atoms with Gasteiger partial charge in [0, 0.05) is 16.5 Å². The lowest BCUT2D eigenvalue weighted by atomic mass is 9.98. The summed E-state index contributed by atoms with van der Waals surface area (Å²) in [7, 11) is 0. The van der Waals surface area contributed by atoms with Gasteiger partial charge in [0.05, 0.1) is 11.6 Å². The summed E-state index contributed by atoms with van der Waals surface area (Å²) in [6, 6.07) is 12.4. The molecule has 2 aromatic carbocycles. The van der Waals surface area contributed by atoms with E-state index in [2.05, 4.69) is 15.9 Å². The van der Waals surface area contributed by atoms with Crippen LogP contribution in [0.4, 0.5) is 4.39 Å². The average molecular weight is 318 g/mol. The molecule has 2 rings (SSSR count). The van der Waals surface area contributed by atoms with Gasteiger partial charge in [-0.25, -0.2) is 4.39 Å². The number of nitriles is 1. The summed E-state index contributed by atoms with van der Waals surface area (Å²) < 4.78 is 13.3. The Kier molecular flexibility index (Phi) is 4.08. The highest BCUT2D eigenvalue weighted by molar-refractivity contribution is 9.08. The average Bonchev–Trinajstić information content (AvgIpc) is 2.46. The second-order valence-corrected chi connectivity index (χ2v) is 4.51. The van der Waals surface area contributed by atoms with Crippen LogP contribution in [0.5, 0.6) is 0 Å². The van der Waals surface area contributed by atoms with E-state index in [0.717, 1.165) is 5.56 Å². The number of rotatable bonds is 3. The van der Waals surface area contributed by atoms with Crippen LogP contribution in [0.3, 0.4) is 0 Å². The zero-order valence-corrected chi connectivity index (χ0v) is 11.4. The molecule has 0 aliphatic heterocycles. The molecule has 2 nitrogen and oxygen atoms in total. The molecule has 4 heteroatoms. The van der Waals surface area contributed by atoms with Crippen LogP contribution in [0.15, 0.2) is 42.5 Å². The van der Waals surface area contributed by atoms with Gasteiger partial charge in [-0.15, -0.1) is 0 Å². The van der Waals surface area contributed by atoms with E-state index in [1.54, 1.807) is 30.3 Å². The van der Waals surface area contributed by atoms with E-state index in [4.69, 9.17) is 5.26 Å². The highest BCUT2D eigenvalue weighted by Gasteiger charge is 2.14. The number of alkyl halides is 1. The maximum absolute atomic E-state index is 13.3. The van der Waals surface area contributed by atoms with E-state index < -0.39 is 5.82 Å². The molecule has 0 saturated carbocycles. The highest BCUT2D eigenvalue weighted by Crippen LogP contribution is 2.19. The molecule has 2 aromatic rings. The second-order valence-electron chi connectivity index (χ2n) is 3.95. The third kappa shape index (κ3) is 2.88. The standard InChI is InChI=1S/C15H9BrFNO/c16-8-12-5-6-13(17)7-14(12)15(19)11-3-1-10(9-18)2-4-11/h1-7H,8H2. The summed E-state index contributed by atoms with van der Waals surface area (Å²) in [6.45, 7) is 0. The normalized spacial score (nSPS) is 9.95. The van der Waals surface area contributed by atoms with Crippen LogP contribution < -0.4 is 0 Å². The van der Waals surface area contributed by atoms with Crippen LogP contribution in [-0.2, 0) is 5.33 Å². The second kappa shape index (κ2) is 5.77. The smallest absolute Gasteiger partial charge is 0.193 e. The van der Waals surface area contributed by atoms with Gasteiger partial charge in [0.2, 0.25) is 0 Å². The molecular weight excluding hydrogens is 309 g/mol. The lowest BCUT2D eigenvalue weighted by Gasteiger charge is -2.06. The van der Waals surface area contributed by atoms with Crippen molar-refractivity contribution in [2.45, 2.75) is 5.33 Å². The predicted molar refractivity (Wildman–Crippen MR) is 73.6 cm³/mol.